The predicted molar refractivity (Wildman–Crippen MR) is 84.6 cm³/mol. The van der Waals surface area contributed by atoms with E-state index in [1.54, 1.807) is 24.3 Å². The Balaban J connectivity index is 2.09. The van der Waals surface area contributed by atoms with E-state index in [9.17, 15) is 14.9 Å². The lowest BCUT2D eigenvalue weighted by Gasteiger charge is -2.01. The topological polar surface area (TPSA) is 84.6 Å². The minimum atomic E-state index is -0.658. The lowest BCUT2D eigenvalue weighted by Crippen LogP contribution is -2.17. The van der Waals surface area contributed by atoms with Gasteiger partial charge in [-0.25, -0.2) is 5.43 Å². The van der Waals surface area contributed by atoms with Crippen molar-refractivity contribution in [2.45, 2.75) is 0 Å². The summed E-state index contributed by atoms with van der Waals surface area (Å²) in [5.41, 5.74) is 2.72. The molecule has 0 aromatic heterocycles. The van der Waals surface area contributed by atoms with Crippen molar-refractivity contribution < 1.29 is 9.72 Å². The first-order chi connectivity index (χ1) is 10.5. The van der Waals surface area contributed by atoms with Gasteiger partial charge in [0.2, 0.25) is 0 Å². The van der Waals surface area contributed by atoms with Crippen LogP contribution in [-0.2, 0) is 0 Å². The van der Waals surface area contributed by atoms with Crippen molar-refractivity contribution >= 4 is 41.0 Å². The number of halogens is 2. The molecular weight excluding hydrogens is 329 g/mol. The zero-order chi connectivity index (χ0) is 16.1. The van der Waals surface area contributed by atoms with Gasteiger partial charge in [-0.1, -0.05) is 35.3 Å². The first kappa shape index (κ1) is 15.9. The minimum absolute atomic E-state index is 0.0380. The Kier molecular flexibility index (Phi) is 5.08. The highest BCUT2D eigenvalue weighted by Gasteiger charge is 2.15. The quantitative estimate of drug-likeness (QED) is 0.524. The lowest BCUT2D eigenvalue weighted by atomic mass is 10.2. The fourth-order valence-corrected chi connectivity index (χ4v) is 2.00. The zero-order valence-electron chi connectivity index (χ0n) is 11.0. The van der Waals surface area contributed by atoms with E-state index in [-0.39, 0.29) is 16.3 Å². The molecule has 2 aromatic rings. The van der Waals surface area contributed by atoms with E-state index >= 15 is 0 Å². The summed E-state index contributed by atoms with van der Waals surface area (Å²) in [5.74, 6) is -0.585. The Morgan fingerprint density at radius 1 is 1.23 bits per heavy atom. The molecule has 22 heavy (non-hydrogen) atoms. The van der Waals surface area contributed by atoms with Crippen molar-refractivity contribution in [2.75, 3.05) is 0 Å². The van der Waals surface area contributed by atoms with Crippen molar-refractivity contribution in [2.24, 2.45) is 5.10 Å². The van der Waals surface area contributed by atoms with E-state index in [1.807, 2.05) is 0 Å². The van der Waals surface area contributed by atoms with Gasteiger partial charge in [0.15, 0.2) is 0 Å². The molecule has 0 bridgehead atoms. The smallest absolute Gasteiger partial charge is 0.267 e. The maximum absolute atomic E-state index is 11.9. The molecule has 8 heteroatoms. The molecule has 0 saturated carbocycles. The largest absolute Gasteiger partial charge is 0.288 e. The highest BCUT2D eigenvalue weighted by atomic mass is 35.5. The third kappa shape index (κ3) is 4.03. The Morgan fingerprint density at radius 2 is 2.00 bits per heavy atom. The highest BCUT2D eigenvalue weighted by molar-refractivity contribution is 6.32. The van der Waals surface area contributed by atoms with E-state index in [1.165, 1.54) is 18.3 Å². The summed E-state index contributed by atoms with van der Waals surface area (Å²) in [6.07, 6.45) is 1.41. The molecule has 0 fully saturated rings. The first-order valence-electron chi connectivity index (χ1n) is 6.00. The summed E-state index contributed by atoms with van der Waals surface area (Å²) in [5, 5.41) is 15.1. The number of nitro benzene ring substituents is 1. The zero-order valence-corrected chi connectivity index (χ0v) is 12.5. The van der Waals surface area contributed by atoms with Gasteiger partial charge in [0, 0.05) is 16.7 Å². The molecule has 0 spiro atoms. The summed E-state index contributed by atoms with van der Waals surface area (Å²) in [4.78, 5) is 22.0. The Hall–Kier alpha value is -2.44. The van der Waals surface area contributed by atoms with E-state index in [2.05, 4.69) is 10.5 Å². The number of hydrogen-bond donors (Lipinski definition) is 1. The number of nitrogens with zero attached hydrogens (tertiary/aromatic N) is 2. The average molecular weight is 338 g/mol. The standard InChI is InChI=1S/C14H9Cl2N3O3/c15-11-3-1-2-9(6-11)8-17-18-14(20)10-4-5-12(16)13(7-10)19(21)22/h1-8H,(H,18,20)/b17-8+. The third-order valence-electron chi connectivity index (χ3n) is 2.63. The van der Waals surface area contributed by atoms with E-state index in [0.717, 1.165) is 6.07 Å². The lowest BCUT2D eigenvalue weighted by molar-refractivity contribution is -0.384. The second-order valence-corrected chi connectivity index (χ2v) is 5.02. The normalized spacial score (nSPS) is 10.6. The van der Waals surface area contributed by atoms with Crippen LogP contribution in [0.3, 0.4) is 0 Å². The molecule has 0 unspecified atom stereocenters. The van der Waals surface area contributed by atoms with Crippen LogP contribution in [0, 0.1) is 10.1 Å². The summed E-state index contributed by atoms with van der Waals surface area (Å²) in [7, 11) is 0. The molecule has 112 valence electrons. The fraction of sp³-hybridized carbons (Fsp3) is 0. The molecule has 0 aliphatic carbocycles. The second-order valence-electron chi connectivity index (χ2n) is 4.18. The molecule has 0 aliphatic heterocycles. The number of nitro groups is 1. The number of hydrazone groups is 1. The van der Waals surface area contributed by atoms with Crippen LogP contribution in [-0.4, -0.2) is 17.0 Å². The van der Waals surface area contributed by atoms with E-state index < -0.39 is 10.8 Å². The van der Waals surface area contributed by atoms with Crippen LogP contribution in [0.4, 0.5) is 5.69 Å². The number of carbonyl (C=O) groups is 1. The first-order valence-corrected chi connectivity index (χ1v) is 6.76. The maximum Gasteiger partial charge on any atom is 0.288 e. The van der Waals surface area contributed by atoms with Gasteiger partial charge in [-0.2, -0.15) is 5.10 Å². The molecule has 1 amide bonds. The molecule has 0 heterocycles. The monoisotopic (exact) mass is 337 g/mol. The Labute approximate surface area is 135 Å². The van der Waals surface area contributed by atoms with Gasteiger partial charge in [0.05, 0.1) is 11.1 Å². The molecular formula is C14H9Cl2N3O3. The summed E-state index contributed by atoms with van der Waals surface area (Å²) in [6.45, 7) is 0. The van der Waals surface area contributed by atoms with Crippen molar-refractivity contribution in [3.8, 4) is 0 Å². The van der Waals surface area contributed by atoms with Crippen LogP contribution < -0.4 is 5.43 Å². The highest BCUT2D eigenvalue weighted by Crippen LogP contribution is 2.24. The Bertz CT molecular complexity index is 763. The van der Waals surface area contributed by atoms with Gasteiger partial charge in [0.25, 0.3) is 11.6 Å². The average Bonchev–Trinajstić information content (AvgIpc) is 2.47. The van der Waals surface area contributed by atoms with Crippen LogP contribution >= 0.6 is 23.2 Å². The fourth-order valence-electron chi connectivity index (χ4n) is 1.61. The van der Waals surface area contributed by atoms with E-state index in [4.69, 9.17) is 23.2 Å². The molecule has 0 aliphatic rings. The van der Waals surface area contributed by atoms with Crippen LogP contribution in [0.5, 0.6) is 0 Å². The van der Waals surface area contributed by atoms with Gasteiger partial charge in [-0.15, -0.1) is 0 Å². The van der Waals surface area contributed by atoms with Gasteiger partial charge in [-0.3, -0.25) is 14.9 Å². The molecule has 0 radical (unpaired) electrons. The summed E-state index contributed by atoms with van der Waals surface area (Å²) >= 11 is 11.5. The number of carbonyl (C=O) groups excluding carboxylic acids is 1. The SMILES string of the molecule is O=C(N/N=C/c1cccc(Cl)c1)c1ccc(Cl)c([N+](=O)[O-])c1. The van der Waals surface area contributed by atoms with E-state index in [0.29, 0.717) is 10.6 Å². The molecule has 2 rings (SSSR count). The second kappa shape index (κ2) is 7.02. The molecule has 0 saturated heterocycles. The molecule has 1 N–H and O–H groups in total. The van der Waals surface area contributed by atoms with Crippen LogP contribution in [0.2, 0.25) is 10.0 Å². The van der Waals surface area contributed by atoms with Gasteiger partial charge in [-0.05, 0) is 29.8 Å². The van der Waals surface area contributed by atoms with Crippen molar-refractivity contribution in [1.29, 1.82) is 0 Å². The van der Waals surface area contributed by atoms with Gasteiger partial charge in [0.1, 0.15) is 5.02 Å². The molecule has 0 atom stereocenters. The van der Waals surface area contributed by atoms with Gasteiger partial charge >= 0.3 is 0 Å². The minimum Gasteiger partial charge on any atom is -0.267 e. The number of rotatable bonds is 4. The predicted octanol–water partition coefficient (Wildman–Crippen LogP) is 3.67. The Morgan fingerprint density at radius 3 is 2.68 bits per heavy atom. The summed E-state index contributed by atoms with van der Waals surface area (Å²) in [6, 6.07) is 10.6. The van der Waals surface area contributed by atoms with Gasteiger partial charge < -0.3 is 0 Å². The number of hydrogen-bond acceptors (Lipinski definition) is 4. The summed E-state index contributed by atoms with van der Waals surface area (Å²) < 4.78 is 0. The van der Waals surface area contributed by atoms with Crippen molar-refractivity contribution in [3.63, 3.8) is 0 Å². The molecule has 6 nitrogen and oxygen atoms in total. The van der Waals surface area contributed by atoms with Crippen LogP contribution in [0.1, 0.15) is 15.9 Å². The van der Waals surface area contributed by atoms with Crippen molar-refractivity contribution in [3.05, 3.63) is 73.8 Å². The molecule has 2 aromatic carbocycles. The van der Waals surface area contributed by atoms with Crippen LogP contribution in [0.15, 0.2) is 47.6 Å². The number of amides is 1. The number of nitrogens with one attached hydrogen (secondary N) is 1. The van der Waals surface area contributed by atoms with Crippen LogP contribution in [0.25, 0.3) is 0 Å². The number of benzene rings is 2. The van der Waals surface area contributed by atoms with Crippen molar-refractivity contribution in [1.82, 2.24) is 5.43 Å². The maximum atomic E-state index is 11.9. The third-order valence-corrected chi connectivity index (χ3v) is 3.19.